The molecule has 3 heterocycles. The van der Waals surface area contributed by atoms with E-state index in [2.05, 4.69) is 41.2 Å². The highest BCUT2D eigenvalue weighted by molar-refractivity contribution is 5.45. The first-order chi connectivity index (χ1) is 12.7. The van der Waals surface area contributed by atoms with E-state index in [-0.39, 0.29) is 0 Å². The van der Waals surface area contributed by atoms with Gasteiger partial charge in [-0.05, 0) is 36.4 Å². The lowest BCUT2D eigenvalue weighted by atomic mass is 10.2. The molecule has 0 bridgehead atoms. The minimum atomic E-state index is 0.573. The van der Waals surface area contributed by atoms with E-state index in [0.717, 1.165) is 17.2 Å². The minimum absolute atomic E-state index is 0.573. The molecule has 4 aromatic rings. The van der Waals surface area contributed by atoms with Crippen LogP contribution in [0.4, 0.5) is 11.8 Å². The fourth-order valence-corrected chi connectivity index (χ4v) is 2.58. The first-order valence-electron chi connectivity index (χ1n) is 8.21. The Hall–Kier alpha value is -3.56. The zero-order valence-electron chi connectivity index (χ0n) is 14.5. The van der Waals surface area contributed by atoms with Gasteiger partial charge in [-0.3, -0.25) is 0 Å². The van der Waals surface area contributed by atoms with Gasteiger partial charge in [0.05, 0.1) is 5.69 Å². The van der Waals surface area contributed by atoms with Crippen molar-refractivity contribution in [2.24, 2.45) is 0 Å². The number of rotatable bonds is 6. The largest absolute Gasteiger partial charge is 0.368 e. The molecule has 0 radical (unpaired) electrons. The van der Waals surface area contributed by atoms with E-state index in [9.17, 15) is 0 Å². The van der Waals surface area contributed by atoms with Gasteiger partial charge in [0, 0.05) is 24.8 Å². The maximum Gasteiger partial charge on any atom is 0.254 e. The Morgan fingerprint density at radius 2 is 1.85 bits per heavy atom. The Morgan fingerprint density at radius 1 is 1.04 bits per heavy atom. The Balaban J connectivity index is 1.40. The summed E-state index contributed by atoms with van der Waals surface area (Å²) in [6.45, 7) is 5.25. The van der Waals surface area contributed by atoms with Crippen LogP contribution in [0.1, 0.15) is 11.3 Å². The van der Waals surface area contributed by atoms with Gasteiger partial charge in [-0.1, -0.05) is 22.8 Å². The predicted octanol–water partition coefficient (Wildman–Crippen LogP) is 1.24. The maximum atomic E-state index is 4.32. The topological polar surface area (TPSA) is 111 Å². The average molecular weight is 350 g/mol. The van der Waals surface area contributed by atoms with Crippen LogP contribution in [0.3, 0.4) is 0 Å². The average Bonchev–Trinajstić information content (AvgIpc) is 3.28. The number of fused-ring (bicyclic) bond motifs is 1. The number of aromatic nitrogens is 8. The molecule has 0 saturated heterocycles. The van der Waals surface area contributed by atoms with Gasteiger partial charge >= 0.3 is 0 Å². The summed E-state index contributed by atoms with van der Waals surface area (Å²) in [4.78, 5) is 8.44. The van der Waals surface area contributed by atoms with Gasteiger partial charge in [0.1, 0.15) is 12.1 Å². The quantitative estimate of drug-likeness (QED) is 0.500. The van der Waals surface area contributed by atoms with Crippen molar-refractivity contribution in [2.45, 2.75) is 13.8 Å². The van der Waals surface area contributed by atoms with E-state index in [0.29, 0.717) is 24.8 Å². The lowest BCUT2D eigenvalue weighted by Crippen LogP contribution is -2.18. The number of hydrogen-bond acceptors (Lipinski definition) is 8. The molecule has 4 rings (SSSR count). The lowest BCUT2D eigenvalue weighted by Gasteiger charge is -2.10. The smallest absolute Gasteiger partial charge is 0.254 e. The van der Waals surface area contributed by atoms with Crippen LogP contribution >= 0.6 is 0 Å². The second kappa shape index (κ2) is 6.75. The minimum Gasteiger partial charge on any atom is -0.368 e. The number of nitrogens with one attached hydrogen (secondary N) is 2. The first-order valence-corrected chi connectivity index (χ1v) is 8.21. The summed E-state index contributed by atoms with van der Waals surface area (Å²) in [5.41, 5.74) is 2.97. The molecule has 0 aliphatic carbocycles. The highest BCUT2D eigenvalue weighted by atomic mass is 15.6. The van der Waals surface area contributed by atoms with Crippen LogP contribution in [0.5, 0.6) is 0 Å². The highest BCUT2D eigenvalue weighted by Crippen LogP contribution is 2.12. The first kappa shape index (κ1) is 15.9. The molecule has 0 aliphatic rings. The van der Waals surface area contributed by atoms with Crippen molar-refractivity contribution in [2.75, 3.05) is 23.7 Å². The van der Waals surface area contributed by atoms with Gasteiger partial charge in [-0.25, -0.2) is 4.98 Å². The Labute approximate surface area is 149 Å². The molecule has 0 unspecified atom stereocenters. The standard InChI is InChI=1S/C16H18N10/c1-11-3-5-13(6-4-11)25-16(22-23-24-25)18-8-7-17-14-9-12(2)21-15-19-10-20-26(14)15/h3-6,9-10,17H,7-8H2,1-2H3,(H,18,22,24). The van der Waals surface area contributed by atoms with Crippen molar-refractivity contribution in [1.29, 1.82) is 0 Å². The molecule has 0 saturated carbocycles. The molecule has 132 valence electrons. The van der Waals surface area contributed by atoms with E-state index < -0.39 is 0 Å². The molecule has 1 aromatic carbocycles. The number of anilines is 2. The van der Waals surface area contributed by atoms with Gasteiger partial charge in [0.15, 0.2) is 0 Å². The maximum absolute atomic E-state index is 4.32. The van der Waals surface area contributed by atoms with Crippen molar-refractivity contribution in [3.63, 3.8) is 0 Å². The van der Waals surface area contributed by atoms with Crippen LogP contribution < -0.4 is 10.6 Å². The summed E-state index contributed by atoms with van der Waals surface area (Å²) in [5, 5.41) is 22.6. The molecule has 2 N–H and O–H groups in total. The zero-order chi connectivity index (χ0) is 17.9. The van der Waals surface area contributed by atoms with Crippen molar-refractivity contribution in [1.82, 2.24) is 39.8 Å². The van der Waals surface area contributed by atoms with Crippen molar-refractivity contribution in [3.8, 4) is 5.69 Å². The summed E-state index contributed by atoms with van der Waals surface area (Å²) in [7, 11) is 0. The normalized spacial score (nSPS) is 11.0. The van der Waals surface area contributed by atoms with E-state index in [4.69, 9.17) is 0 Å². The van der Waals surface area contributed by atoms with Crippen molar-refractivity contribution in [3.05, 3.63) is 47.9 Å². The molecule has 0 spiro atoms. The summed E-state index contributed by atoms with van der Waals surface area (Å²) < 4.78 is 3.34. The third-order valence-corrected chi connectivity index (χ3v) is 3.84. The van der Waals surface area contributed by atoms with E-state index in [1.807, 2.05) is 44.2 Å². The summed E-state index contributed by atoms with van der Waals surface area (Å²) in [6, 6.07) is 9.94. The predicted molar refractivity (Wildman–Crippen MR) is 96.4 cm³/mol. The third kappa shape index (κ3) is 3.16. The van der Waals surface area contributed by atoms with Gasteiger partial charge in [0.25, 0.3) is 5.78 Å². The molecular formula is C16H18N10. The summed E-state index contributed by atoms with van der Waals surface area (Å²) in [5.74, 6) is 2.00. The third-order valence-electron chi connectivity index (χ3n) is 3.84. The molecule has 0 amide bonds. The number of benzene rings is 1. The second-order valence-electron chi connectivity index (χ2n) is 5.86. The van der Waals surface area contributed by atoms with Crippen LogP contribution in [0.15, 0.2) is 36.7 Å². The van der Waals surface area contributed by atoms with E-state index >= 15 is 0 Å². The number of nitrogens with zero attached hydrogens (tertiary/aromatic N) is 8. The SMILES string of the molecule is Cc1ccc(-n2nnnc2NCCNc2cc(C)nc3ncnn23)cc1. The molecule has 0 aliphatic heterocycles. The van der Waals surface area contributed by atoms with Crippen LogP contribution in [-0.4, -0.2) is 52.9 Å². The number of tetrazole rings is 1. The zero-order valence-corrected chi connectivity index (χ0v) is 14.5. The fourth-order valence-electron chi connectivity index (χ4n) is 2.58. The van der Waals surface area contributed by atoms with Gasteiger partial charge in [0.2, 0.25) is 5.95 Å². The monoisotopic (exact) mass is 350 g/mol. The van der Waals surface area contributed by atoms with Crippen LogP contribution in [0.25, 0.3) is 11.5 Å². The molecule has 0 atom stereocenters. The van der Waals surface area contributed by atoms with Crippen molar-refractivity contribution >= 4 is 17.5 Å². The Kier molecular flexibility index (Phi) is 4.14. The summed E-state index contributed by atoms with van der Waals surface area (Å²) in [6.07, 6.45) is 1.49. The molecule has 0 fully saturated rings. The lowest BCUT2D eigenvalue weighted by molar-refractivity contribution is 0.789. The van der Waals surface area contributed by atoms with Crippen LogP contribution in [0, 0.1) is 13.8 Å². The molecular weight excluding hydrogens is 332 g/mol. The van der Waals surface area contributed by atoms with E-state index in [1.165, 1.54) is 11.9 Å². The molecule has 26 heavy (non-hydrogen) atoms. The molecule has 3 aromatic heterocycles. The Morgan fingerprint density at radius 3 is 2.69 bits per heavy atom. The van der Waals surface area contributed by atoms with E-state index in [1.54, 1.807) is 9.20 Å². The van der Waals surface area contributed by atoms with Gasteiger partial charge < -0.3 is 10.6 Å². The van der Waals surface area contributed by atoms with Crippen LogP contribution in [0.2, 0.25) is 0 Å². The number of hydrogen-bond donors (Lipinski definition) is 2. The van der Waals surface area contributed by atoms with Gasteiger partial charge in [-0.15, -0.1) is 0 Å². The fraction of sp³-hybridized carbons (Fsp3) is 0.250. The highest BCUT2D eigenvalue weighted by Gasteiger charge is 2.08. The summed E-state index contributed by atoms with van der Waals surface area (Å²) >= 11 is 0. The second-order valence-corrected chi connectivity index (χ2v) is 5.86. The molecule has 10 nitrogen and oxygen atoms in total. The van der Waals surface area contributed by atoms with Crippen molar-refractivity contribution < 1.29 is 0 Å². The Bertz CT molecular complexity index is 1020. The van der Waals surface area contributed by atoms with Gasteiger partial charge in [-0.2, -0.15) is 19.3 Å². The molecule has 10 heteroatoms. The van der Waals surface area contributed by atoms with Crippen LogP contribution in [-0.2, 0) is 0 Å². The number of aryl methyl sites for hydroxylation is 2.